The number of rotatable bonds is 5. The van der Waals surface area contributed by atoms with E-state index in [1.165, 1.54) is 0 Å². The van der Waals surface area contributed by atoms with Gasteiger partial charge in [-0.1, -0.05) is 41.9 Å². The fourth-order valence-corrected chi connectivity index (χ4v) is 3.70. The Balaban J connectivity index is 1.43. The zero-order chi connectivity index (χ0) is 22.1. The molecule has 5 aromatic rings. The summed E-state index contributed by atoms with van der Waals surface area (Å²) in [6.07, 6.45) is 5.15. The lowest BCUT2D eigenvalue weighted by Gasteiger charge is -2.08. The van der Waals surface area contributed by atoms with Crippen molar-refractivity contribution < 1.29 is 4.79 Å². The molecule has 0 bridgehead atoms. The lowest BCUT2D eigenvalue weighted by Crippen LogP contribution is -2.14. The molecule has 3 heterocycles. The lowest BCUT2D eigenvalue weighted by molar-refractivity contribution is 0.102. The number of benzene rings is 2. The van der Waals surface area contributed by atoms with E-state index in [4.69, 9.17) is 11.6 Å². The first-order valence-electron chi connectivity index (χ1n) is 9.89. The molecule has 0 aliphatic carbocycles. The van der Waals surface area contributed by atoms with Gasteiger partial charge in [-0.25, -0.2) is 14.6 Å². The smallest absolute Gasteiger partial charge is 0.258 e. The Bertz CT molecular complexity index is 1440. The predicted molar refractivity (Wildman–Crippen MR) is 122 cm³/mol. The second-order valence-corrected chi connectivity index (χ2v) is 7.76. The fourth-order valence-electron chi connectivity index (χ4n) is 3.48. The minimum absolute atomic E-state index is 0.223. The number of hydrogen-bond acceptors (Lipinski definition) is 5. The normalized spacial score (nSPS) is 11.1. The maximum atomic E-state index is 13.2. The van der Waals surface area contributed by atoms with Gasteiger partial charge < -0.3 is 0 Å². The number of carbonyl (C=O) groups excluding carboxylic acids is 1. The average Bonchev–Trinajstić information content (AvgIpc) is 3.41. The van der Waals surface area contributed by atoms with Crippen LogP contribution in [0.5, 0.6) is 0 Å². The molecule has 8 nitrogen and oxygen atoms in total. The van der Waals surface area contributed by atoms with Gasteiger partial charge in [-0.05, 0) is 29.8 Å². The van der Waals surface area contributed by atoms with Crippen LogP contribution >= 0.6 is 11.6 Å². The molecule has 0 unspecified atom stereocenters. The summed E-state index contributed by atoms with van der Waals surface area (Å²) in [6.45, 7) is 0.493. The Labute approximate surface area is 188 Å². The fraction of sp³-hybridized carbons (Fsp3) is 0.0870. The van der Waals surface area contributed by atoms with E-state index in [2.05, 4.69) is 25.5 Å². The van der Waals surface area contributed by atoms with E-state index in [1.807, 2.05) is 61.8 Å². The van der Waals surface area contributed by atoms with Gasteiger partial charge in [0, 0.05) is 29.2 Å². The van der Waals surface area contributed by atoms with E-state index in [0.717, 1.165) is 22.0 Å². The Morgan fingerprint density at radius 3 is 2.81 bits per heavy atom. The van der Waals surface area contributed by atoms with E-state index in [9.17, 15) is 4.79 Å². The van der Waals surface area contributed by atoms with Crippen LogP contribution in [0.1, 0.15) is 15.9 Å². The third-order valence-corrected chi connectivity index (χ3v) is 5.19. The van der Waals surface area contributed by atoms with Gasteiger partial charge in [0.05, 0.1) is 29.5 Å². The number of aryl methyl sites for hydroxylation is 1. The van der Waals surface area contributed by atoms with Crippen molar-refractivity contribution in [3.8, 4) is 11.3 Å². The predicted octanol–water partition coefficient (Wildman–Crippen LogP) is 4.18. The van der Waals surface area contributed by atoms with Gasteiger partial charge in [0.1, 0.15) is 6.33 Å². The first-order valence-corrected chi connectivity index (χ1v) is 10.3. The highest BCUT2D eigenvalue weighted by molar-refractivity contribution is 6.30. The van der Waals surface area contributed by atoms with Gasteiger partial charge in [-0.15, -0.1) is 5.10 Å². The van der Waals surface area contributed by atoms with Crippen LogP contribution in [-0.2, 0) is 13.6 Å². The van der Waals surface area contributed by atoms with Crippen LogP contribution < -0.4 is 5.32 Å². The van der Waals surface area contributed by atoms with Crippen molar-refractivity contribution in [3.05, 3.63) is 89.5 Å². The van der Waals surface area contributed by atoms with Gasteiger partial charge >= 0.3 is 0 Å². The molecule has 32 heavy (non-hydrogen) atoms. The highest BCUT2D eigenvalue weighted by Crippen LogP contribution is 2.25. The molecule has 9 heteroatoms. The molecule has 0 aliphatic rings. The van der Waals surface area contributed by atoms with Gasteiger partial charge in [-0.3, -0.25) is 14.8 Å². The SMILES string of the molecule is Cn1cc(-c2cc(C(=O)Nc3ncn(Cc4cccc(Cl)c4)n3)c3ccccc3n2)cn1. The van der Waals surface area contributed by atoms with Crippen LogP contribution in [0.3, 0.4) is 0 Å². The first-order chi connectivity index (χ1) is 15.5. The molecule has 0 aliphatic heterocycles. The number of pyridine rings is 1. The minimum Gasteiger partial charge on any atom is -0.289 e. The van der Waals surface area contributed by atoms with Crippen LogP contribution in [0.25, 0.3) is 22.2 Å². The summed E-state index contributed by atoms with van der Waals surface area (Å²) >= 11 is 6.05. The van der Waals surface area contributed by atoms with Crippen molar-refractivity contribution in [2.24, 2.45) is 7.05 Å². The topological polar surface area (TPSA) is 90.5 Å². The Morgan fingerprint density at radius 2 is 2.00 bits per heavy atom. The maximum Gasteiger partial charge on any atom is 0.258 e. The molecule has 0 saturated carbocycles. The van der Waals surface area contributed by atoms with Crippen molar-refractivity contribution in [2.45, 2.75) is 6.54 Å². The van der Waals surface area contributed by atoms with Crippen molar-refractivity contribution >= 4 is 34.4 Å². The monoisotopic (exact) mass is 443 g/mol. The minimum atomic E-state index is -0.311. The first kappa shape index (κ1) is 19.9. The zero-order valence-electron chi connectivity index (χ0n) is 17.1. The highest BCUT2D eigenvalue weighted by Gasteiger charge is 2.16. The van der Waals surface area contributed by atoms with Gasteiger partial charge in [0.25, 0.3) is 5.91 Å². The second-order valence-electron chi connectivity index (χ2n) is 7.32. The Kier molecular flexibility index (Phi) is 5.12. The number of nitrogens with one attached hydrogen (secondary N) is 1. The molecule has 0 saturated heterocycles. The van der Waals surface area contributed by atoms with Gasteiger partial charge in [-0.2, -0.15) is 5.10 Å². The van der Waals surface area contributed by atoms with E-state index < -0.39 is 0 Å². The molecule has 2 aromatic carbocycles. The molecule has 158 valence electrons. The zero-order valence-corrected chi connectivity index (χ0v) is 17.9. The number of carbonyl (C=O) groups is 1. The summed E-state index contributed by atoms with van der Waals surface area (Å²) in [5.74, 6) is -0.0879. The summed E-state index contributed by atoms with van der Waals surface area (Å²) < 4.78 is 3.34. The maximum absolute atomic E-state index is 13.2. The molecule has 0 fully saturated rings. The van der Waals surface area contributed by atoms with Gasteiger partial charge in [0.15, 0.2) is 0 Å². The lowest BCUT2D eigenvalue weighted by atomic mass is 10.1. The highest BCUT2D eigenvalue weighted by atomic mass is 35.5. The number of anilines is 1. The molecule has 0 radical (unpaired) electrons. The van der Waals surface area contributed by atoms with Crippen LogP contribution in [0.2, 0.25) is 5.02 Å². The third-order valence-electron chi connectivity index (χ3n) is 4.96. The summed E-state index contributed by atoms with van der Waals surface area (Å²) in [5, 5.41) is 12.8. The Morgan fingerprint density at radius 1 is 1.12 bits per heavy atom. The average molecular weight is 444 g/mol. The number of para-hydroxylation sites is 1. The molecule has 0 spiro atoms. The number of halogens is 1. The molecule has 3 aromatic heterocycles. The standard InChI is InChI=1S/C23H18ClN7O/c1-30-13-16(11-26-30)21-10-19(18-7-2-3-8-20(18)27-21)22(32)28-23-25-14-31(29-23)12-15-5-4-6-17(24)9-15/h2-11,13-14H,12H2,1H3,(H,28,29,32). The third kappa shape index (κ3) is 4.08. The van der Waals surface area contributed by atoms with E-state index in [-0.39, 0.29) is 11.9 Å². The molecule has 0 atom stereocenters. The van der Waals surface area contributed by atoms with Crippen LogP contribution in [-0.4, -0.2) is 35.4 Å². The molecular weight excluding hydrogens is 426 g/mol. The molecule has 1 N–H and O–H groups in total. The van der Waals surface area contributed by atoms with E-state index in [1.54, 1.807) is 28.0 Å². The van der Waals surface area contributed by atoms with Crippen LogP contribution in [0.4, 0.5) is 5.95 Å². The van der Waals surface area contributed by atoms with E-state index >= 15 is 0 Å². The second kappa shape index (κ2) is 8.24. The van der Waals surface area contributed by atoms with Crippen LogP contribution in [0, 0.1) is 0 Å². The molecular formula is C23H18ClN7O. The van der Waals surface area contributed by atoms with Crippen molar-refractivity contribution in [1.82, 2.24) is 29.5 Å². The molecule has 5 rings (SSSR count). The summed E-state index contributed by atoms with van der Waals surface area (Å²) in [4.78, 5) is 22.1. The number of hydrogen-bond donors (Lipinski definition) is 1. The number of nitrogens with zero attached hydrogens (tertiary/aromatic N) is 6. The van der Waals surface area contributed by atoms with Crippen molar-refractivity contribution in [1.29, 1.82) is 0 Å². The largest absolute Gasteiger partial charge is 0.289 e. The van der Waals surface area contributed by atoms with Crippen molar-refractivity contribution in [2.75, 3.05) is 5.32 Å². The molecule has 1 amide bonds. The number of aromatic nitrogens is 6. The number of fused-ring (bicyclic) bond motifs is 1. The summed E-state index contributed by atoms with van der Waals surface area (Å²) in [6, 6.07) is 16.8. The van der Waals surface area contributed by atoms with Crippen LogP contribution in [0.15, 0.2) is 73.3 Å². The quantitative estimate of drug-likeness (QED) is 0.440. The Hall–Kier alpha value is -4.04. The van der Waals surface area contributed by atoms with Crippen molar-refractivity contribution in [3.63, 3.8) is 0 Å². The summed E-state index contributed by atoms with van der Waals surface area (Å²) in [5.41, 5.74) is 3.69. The summed E-state index contributed by atoms with van der Waals surface area (Å²) in [7, 11) is 1.84. The van der Waals surface area contributed by atoms with Gasteiger partial charge in [0.2, 0.25) is 5.95 Å². The number of amides is 1. The van der Waals surface area contributed by atoms with E-state index in [0.29, 0.717) is 22.8 Å².